The fraction of sp³-hybridized carbons (Fsp3) is 0.429. The topological polar surface area (TPSA) is 47.0 Å². The van der Waals surface area contributed by atoms with E-state index in [0.717, 1.165) is 16.5 Å². The molecule has 0 saturated heterocycles. The number of halogens is 2. The molecule has 0 aliphatic heterocycles. The van der Waals surface area contributed by atoms with E-state index in [1.54, 1.807) is 12.1 Å². The van der Waals surface area contributed by atoms with Gasteiger partial charge in [0.1, 0.15) is 11.6 Å². The predicted octanol–water partition coefficient (Wildman–Crippen LogP) is 4.44. The van der Waals surface area contributed by atoms with Gasteiger partial charge in [-0.15, -0.1) is 0 Å². The Morgan fingerprint density at radius 3 is 2.33 bits per heavy atom. The zero-order chi connectivity index (χ0) is 15.4. The summed E-state index contributed by atoms with van der Waals surface area (Å²) in [6, 6.07) is 6.55. The summed E-state index contributed by atoms with van der Waals surface area (Å²) < 4.78 is 32.8. The first-order valence-corrected chi connectivity index (χ1v) is 7.38. The van der Waals surface area contributed by atoms with Crippen molar-refractivity contribution in [2.75, 3.05) is 5.32 Å². The number of nitrogens with zero attached hydrogens (tertiary/aromatic N) is 2. The van der Waals surface area contributed by atoms with Crippen molar-refractivity contribution in [3.63, 3.8) is 0 Å². The van der Waals surface area contributed by atoms with Crippen molar-refractivity contribution in [3.05, 3.63) is 35.7 Å². The molecule has 2 aromatic rings. The Kier molecular flexibility index (Phi) is 5.06. The van der Waals surface area contributed by atoms with Gasteiger partial charge in [-0.05, 0) is 24.6 Å². The van der Waals surface area contributed by atoms with Crippen LogP contribution in [0, 0.1) is 0 Å². The van der Waals surface area contributed by atoms with E-state index in [-0.39, 0.29) is 17.7 Å². The van der Waals surface area contributed by atoms with Crippen LogP contribution >= 0.6 is 11.5 Å². The summed E-state index contributed by atoms with van der Waals surface area (Å²) >= 11 is 1.32. The molecular formula is C14H17F2N3OS. The molecule has 1 heterocycles. The van der Waals surface area contributed by atoms with E-state index in [2.05, 4.69) is 19.4 Å². The summed E-state index contributed by atoms with van der Waals surface area (Å²) in [6.07, 6.45) is 0. The van der Waals surface area contributed by atoms with Crippen LogP contribution in [0.4, 0.5) is 13.9 Å². The highest BCUT2D eigenvalue weighted by molar-refractivity contribution is 7.09. The van der Waals surface area contributed by atoms with Gasteiger partial charge in [-0.3, -0.25) is 0 Å². The minimum absolute atomic E-state index is 0.00133. The molecule has 1 N–H and O–H groups in total. The van der Waals surface area contributed by atoms with Crippen LogP contribution in [0.3, 0.4) is 0 Å². The molecule has 1 atom stereocenters. The maximum Gasteiger partial charge on any atom is 0.387 e. The molecule has 0 aliphatic rings. The molecule has 1 aromatic carbocycles. The maximum atomic E-state index is 12.1. The lowest BCUT2D eigenvalue weighted by Gasteiger charge is -2.13. The summed E-state index contributed by atoms with van der Waals surface area (Å²) in [4.78, 5) is 4.40. The molecule has 7 heteroatoms. The lowest BCUT2D eigenvalue weighted by Crippen LogP contribution is -2.07. The van der Waals surface area contributed by atoms with Crippen LogP contribution in [0.5, 0.6) is 5.75 Å². The zero-order valence-electron chi connectivity index (χ0n) is 12.0. The number of anilines is 1. The van der Waals surface area contributed by atoms with Crippen molar-refractivity contribution in [2.45, 2.75) is 39.3 Å². The Morgan fingerprint density at radius 1 is 1.14 bits per heavy atom. The van der Waals surface area contributed by atoms with Crippen molar-refractivity contribution in [2.24, 2.45) is 0 Å². The molecule has 0 radical (unpaired) electrons. The highest BCUT2D eigenvalue weighted by Gasteiger charge is 2.12. The molecule has 0 saturated carbocycles. The number of benzene rings is 1. The Labute approximate surface area is 126 Å². The number of hydrogen-bond donors (Lipinski definition) is 1. The summed E-state index contributed by atoms with van der Waals surface area (Å²) in [5.41, 5.74) is 0.956. The molecule has 0 bridgehead atoms. The van der Waals surface area contributed by atoms with E-state index >= 15 is 0 Å². The first kappa shape index (κ1) is 15.6. The van der Waals surface area contributed by atoms with Gasteiger partial charge in [0.05, 0.1) is 6.04 Å². The first-order chi connectivity index (χ1) is 9.95. The van der Waals surface area contributed by atoms with Crippen molar-refractivity contribution in [3.8, 4) is 5.75 Å². The predicted molar refractivity (Wildman–Crippen MR) is 79.1 cm³/mol. The van der Waals surface area contributed by atoms with Gasteiger partial charge in [0, 0.05) is 17.5 Å². The largest absolute Gasteiger partial charge is 0.435 e. The Hall–Kier alpha value is -1.76. The van der Waals surface area contributed by atoms with Crippen molar-refractivity contribution >= 4 is 16.7 Å². The van der Waals surface area contributed by atoms with E-state index in [1.165, 1.54) is 23.7 Å². The van der Waals surface area contributed by atoms with E-state index in [4.69, 9.17) is 0 Å². The third kappa shape index (κ3) is 4.35. The highest BCUT2D eigenvalue weighted by Crippen LogP contribution is 2.24. The minimum Gasteiger partial charge on any atom is -0.435 e. The van der Waals surface area contributed by atoms with Crippen molar-refractivity contribution in [1.29, 1.82) is 0 Å². The molecule has 0 fully saturated rings. The third-order valence-electron chi connectivity index (χ3n) is 2.90. The fourth-order valence-corrected chi connectivity index (χ4v) is 2.53. The van der Waals surface area contributed by atoms with Crippen LogP contribution in [0.1, 0.15) is 44.1 Å². The van der Waals surface area contributed by atoms with Crippen LogP contribution in [-0.4, -0.2) is 16.0 Å². The van der Waals surface area contributed by atoms with Gasteiger partial charge in [-0.25, -0.2) is 4.98 Å². The van der Waals surface area contributed by atoms with Gasteiger partial charge in [-0.1, -0.05) is 26.0 Å². The maximum absolute atomic E-state index is 12.1. The van der Waals surface area contributed by atoms with E-state index < -0.39 is 6.61 Å². The number of aromatic nitrogens is 2. The van der Waals surface area contributed by atoms with Crippen LogP contribution in [0.15, 0.2) is 24.3 Å². The second-order valence-corrected chi connectivity index (χ2v) is 5.68. The van der Waals surface area contributed by atoms with Crippen LogP contribution in [0.25, 0.3) is 0 Å². The second-order valence-electron chi connectivity index (χ2n) is 4.93. The van der Waals surface area contributed by atoms with E-state index in [1.807, 2.05) is 20.8 Å². The fourth-order valence-electron chi connectivity index (χ4n) is 1.73. The zero-order valence-corrected chi connectivity index (χ0v) is 12.8. The standard InChI is InChI=1S/C14H17F2N3OS/c1-8(2)12-18-14(21-19-12)17-9(3)10-4-6-11(7-5-10)20-13(15)16/h4-9,13H,1-3H3,(H,17,18,19). The lowest BCUT2D eigenvalue weighted by atomic mass is 10.1. The number of alkyl halides is 2. The lowest BCUT2D eigenvalue weighted by molar-refractivity contribution is -0.0498. The average molecular weight is 313 g/mol. The van der Waals surface area contributed by atoms with Crippen LogP contribution in [-0.2, 0) is 0 Å². The van der Waals surface area contributed by atoms with E-state index in [9.17, 15) is 8.78 Å². The molecule has 1 aromatic heterocycles. The monoisotopic (exact) mass is 313 g/mol. The van der Waals surface area contributed by atoms with Gasteiger partial charge >= 0.3 is 6.61 Å². The minimum atomic E-state index is -2.80. The molecule has 114 valence electrons. The third-order valence-corrected chi connectivity index (χ3v) is 3.56. The Morgan fingerprint density at radius 2 is 1.81 bits per heavy atom. The average Bonchev–Trinajstić information content (AvgIpc) is 2.87. The Balaban J connectivity index is 2.00. The Bertz CT molecular complexity index is 572. The van der Waals surface area contributed by atoms with Gasteiger partial charge in [0.25, 0.3) is 0 Å². The summed E-state index contributed by atoms with van der Waals surface area (Å²) in [6.45, 7) is 3.25. The number of nitrogens with one attached hydrogen (secondary N) is 1. The van der Waals surface area contributed by atoms with Crippen LogP contribution < -0.4 is 10.1 Å². The molecule has 4 nitrogen and oxygen atoms in total. The molecule has 1 unspecified atom stereocenters. The van der Waals surface area contributed by atoms with Gasteiger partial charge in [-0.2, -0.15) is 13.2 Å². The summed E-state index contributed by atoms with van der Waals surface area (Å²) in [7, 11) is 0. The van der Waals surface area contributed by atoms with Gasteiger partial charge in [0.2, 0.25) is 5.13 Å². The van der Waals surface area contributed by atoms with Gasteiger partial charge < -0.3 is 10.1 Å². The molecule has 0 amide bonds. The molecule has 0 spiro atoms. The second kappa shape index (κ2) is 6.80. The summed E-state index contributed by atoms with van der Waals surface area (Å²) in [5, 5.41) is 4.00. The summed E-state index contributed by atoms with van der Waals surface area (Å²) in [5.74, 6) is 1.26. The molecule has 2 rings (SSSR count). The normalized spacial score (nSPS) is 12.7. The molecular weight excluding hydrogens is 296 g/mol. The van der Waals surface area contributed by atoms with Gasteiger partial charge in [0.15, 0.2) is 0 Å². The first-order valence-electron chi connectivity index (χ1n) is 6.60. The SMILES string of the molecule is CC(C)c1nsc(NC(C)c2ccc(OC(F)F)cc2)n1. The highest BCUT2D eigenvalue weighted by atomic mass is 32.1. The number of hydrogen-bond acceptors (Lipinski definition) is 5. The van der Waals surface area contributed by atoms with Crippen molar-refractivity contribution < 1.29 is 13.5 Å². The number of ether oxygens (including phenoxy) is 1. The van der Waals surface area contributed by atoms with E-state index in [0.29, 0.717) is 0 Å². The van der Waals surface area contributed by atoms with Crippen LogP contribution in [0.2, 0.25) is 0 Å². The molecule has 0 aliphatic carbocycles. The quantitative estimate of drug-likeness (QED) is 0.856. The smallest absolute Gasteiger partial charge is 0.387 e. The number of rotatable bonds is 6. The van der Waals surface area contributed by atoms with Crippen molar-refractivity contribution in [1.82, 2.24) is 9.36 Å². The molecule has 21 heavy (non-hydrogen) atoms.